The standard InChI is InChI=1S/C7H12O4.C6H11N/c1-4(2)5(7(10)11)3-6(8)9;1-5(2)6(3)4-7/h4-5H,3H2,1-2H3,(H,8,9)(H,10,11);5-6H,1-3H3. The molecule has 0 rings (SSSR count). The van der Waals surface area contributed by atoms with Crippen molar-refractivity contribution < 1.29 is 19.8 Å². The van der Waals surface area contributed by atoms with E-state index < -0.39 is 17.9 Å². The highest BCUT2D eigenvalue weighted by molar-refractivity contribution is 5.77. The summed E-state index contributed by atoms with van der Waals surface area (Å²) >= 11 is 0. The lowest BCUT2D eigenvalue weighted by molar-refractivity contribution is -0.149. The van der Waals surface area contributed by atoms with Gasteiger partial charge in [0.25, 0.3) is 0 Å². The lowest BCUT2D eigenvalue weighted by Crippen LogP contribution is -2.22. The molecule has 104 valence electrons. The maximum Gasteiger partial charge on any atom is 0.307 e. The van der Waals surface area contributed by atoms with E-state index in [1.54, 1.807) is 13.8 Å². The molecule has 0 saturated heterocycles. The zero-order chi connectivity index (χ0) is 14.9. The molecule has 0 saturated carbocycles. The highest BCUT2D eigenvalue weighted by Gasteiger charge is 2.23. The van der Waals surface area contributed by atoms with Crippen LogP contribution >= 0.6 is 0 Å². The molecule has 0 bridgehead atoms. The van der Waals surface area contributed by atoms with Crippen molar-refractivity contribution in [3.8, 4) is 6.07 Å². The fraction of sp³-hybridized carbons (Fsp3) is 0.769. The van der Waals surface area contributed by atoms with Crippen molar-refractivity contribution in [3.05, 3.63) is 0 Å². The van der Waals surface area contributed by atoms with Crippen molar-refractivity contribution in [2.45, 2.75) is 41.0 Å². The Bertz CT molecular complexity index is 305. The lowest BCUT2D eigenvalue weighted by Gasteiger charge is -2.12. The van der Waals surface area contributed by atoms with Crippen LogP contribution in [0.15, 0.2) is 0 Å². The summed E-state index contributed by atoms with van der Waals surface area (Å²) in [5.41, 5.74) is 0. The number of nitriles is 1. The van der Waals surface area contributed by atoms with Crippen LogP contribution in [0.4, 0.5) is 0 Å². The lowest BCUT2D eigenvalue weighted by atomic mass is 9.93. The number of carboxylic acid groups (broad SMARTS) is 2. The Hall–Kier alpha value is -1.57. The monoisotopic (exact) mass is 257 g/mol. The summed E-state index contributed by atoms with van der Waals surface area (Å²) in [6.45, 7) is 9.43. The fourth-order valence-corrected chi connectivity index (χ4v) is 0.945. The number of hydrogen-bond donors (Lipinski definition) is 2. The molecule has 0 aromatic rings. The van der Waals surface area contributed by atoms with Crippen LogP contribution < -0.4 is 0 Å². The molecular weight excluding hydrogens is 234 g/mol. The second-order valence-corrected chi connectivity index (χ2v) is 4.95. The van der Waals surface area contributed by atoms with E-state index in [9.17, 15) is 9.59 Å². The first kappa shape index (κ1) is 18.8. The average molecular weight is 257 g/mol. The molecule has 0 spiro atoms. The van der Waals surface area contributed by atoms with Gasteiger partial charge in [-0.2, -0.15) is 5.26 Å². The SMILES string of the molecule is CC(C)C(C)C#N.CC(C)C(CC(=O)O)C(=O)O. The fourth-order valence-electron chi connectivity index (χ4n) is 0.945. The van der Waals surface area contributed by atoms with Gasteiger partial charge in [-0.25, -0.2) is 0 Å². The summed E-state index contributed by atoms with van der Waals surface area (Å²) in [6.07, 6.45) is -0.299. The molecule has 2 atom stereocenters. The molecule has 0 aliphatic heterocycles. The quantitative estimate of drug-likeness (QED) is 0.788. The van der Waals surface area contributed by atoms with Gasteiger partial charge < -0.3 is 10.2 Å². The summed E-state index contributed by atoms with van der Waals surface area (Å²) in [4.78, 5) is 20.6. The summed E-state index contributed by atoms with van der Waals surface area (Å²) in [5, 5.41) is 25.1. The van der Waals surface area contributed by atoms with Crippen LogP contribution in [0, 0.1) is 35.0 Å². The van der Waals surface area contributed by atoms with Gasteiger partial charge in [-0.15, -0.1) is 0 Å². The zero-order valence-electron chi connectivity index (χ0n) is 11.7. The first-order valence-electron chi connectivity index (χ1n) is 5.97. The number of aliphatic carboxylic acids is 2. The molecular formula is C13H23NO4. The van der Waals surface area contributed by atoms with Crippen LogP contribution in [0.3, 0.4) is 0 Å². The Morgan fingerprint density at radius 2 is 1.50 bits per heavy atom. The topological polar surface area (TPSA) is 98.4 Å². The van der Waals surface area contributed by atoms with E-state index in [1.807, 2.05) is 20.8 Å². The smallest absolute Gasteiger partial charge is 0.307 e. The van der Waals surface area contributed by atoms with Crippen LogP contribution in [0.5, 0.6) is 0 Å². The second kappa shape index (κ2) is 9.46. The van der Waals surface area contributed by atoms with Crippen LogP contribution in [0.2, 0.25) is 0 Å². The largest absolute Gasteiger partial charge is 0.481 e. The van der Waals surface area contributed by atoms with Crippen molar-refractivity contribution in [3.63, 3.8) is 0 Å². The van der Waals surface area contributed by atoms with E-state index in [0.717, 1.165) is 0 Å². The van der Waals surface area contributed by atoms with Gasteiger partial charge in [0.05, 0.1) is 18.4 Å². The van der Waals surface area contributed by atoms with E-state index in [0.29, 0.717) is 5.92 Å². The van der Waals surface area contributed by atoms with Crippen molar-refractivity contribution in [1.82, 2.24) is 0 Å². The molecule has 18 heavy (non-hydrogen) atoms. The van der Waals surface area contributed by atoms with Crippen LogP contribution in [-0.2, 0) is 9.59 Å². The summed E-state index contributed by atoms with van der Waals surface area (Å²) < 4.78 is 0. The molecule has 0 fully saturated rings. The molecule has 0 amide bonds. The first-order chi connectivity index (χ1) is 8.13. The molecule has 0 aromatic heterocycles. The maximum absolute atomic E-state index is 10.4. The number of rotatable bonds is 5. The molecule has 5 nitrogen and oxygen atoms in total. The van der Waals surface area contributed by atoms with Crippen LogP contribution in [-0.4, -0.2) is 22.2 Å². The minimum atomic E-state index is -1.06. The Morgan fingerprint density at radius 1 is 1.06 bits per heavy atom. The molecule has 5 heteroatoms. The number of carbonyl (C=O) groups is 2. The van der Waals surface area contributed by atoms with Crippen molar-refractivity contribution in [1.29, 1.82) is 5.26 Å². The summed E-state index contributed by atoms with van der Waals surface area (Å²) in [6, 6.07) is 2.16. The number of nitrogens with zero attached hydrogens (tertiary/aromatic N) is 1. The van der Waals surface area contributed by atoms with Crippen molar-refractivity contribution >= 4 is 11.9 Å². The van der Waals surface area contributed by atoms with Crippen molar-refractivity contribution in [2.75, 3.05) is 0 Å². The molecule has 0 aromatic carbocycles. The first-order valence-corrected chi connectivity index (χ1v) is 5.97. The van der Waals surface area contributed by atoms with E-state index in [4.69, 9.17) is 15.5 Å². The average Bonchev–Trinajstić information content (AvgIpc) is 2.24. The van der Waals surface area contributed by atoms with Gasteiger partial charge in [0, 0.05) is 5.92 Å². The second-order valence-electron chi connectivity index (χ2n) is 4.95. The predicted octanol–water partition coefficient (Wildman–Crippen LogP) is 2.62. The van der Waals surface area contributed by atoms with Gasteiger partial charge in [-0.3, -0.25) is 9.59 Å². The predicted molar refractivity (Wildman–Crippen MR) is 67.8 cm³/mol. The third-order valence-electron chi connectivity index (χ3n) is 2.72. The Balaban J connectivity index is 0. The Kier molecular flexibility index (Phi) is 9.87. The Morgan fingerprint density at radius 3 is 1.56 bits per heavy atom. The minimum Gasteiger partial charge on any atom is -0.481 e. The highest BCUT2D eigenvalue weighted by Crippen LogP contribution is 2.14. The summed E-state index contributed by atoms with van der Waals surface area (Å²) in [5.74, 6) is -2.30. The highest BCUT2D eigenvalue weighted by atomic mass is 16.4. The van der Waals surface area contributed by atoms with Gasteiger partial charge in [-0.05, 0) is 18.8 Å². The van der Waals surface area contributed by atoms with Crippen molar-refractivity contribution in [2.24, 2.45) is 23.7 Å². The van der Waals surface area contributed by atoms with Gasteiger partial charge in [-0.1, -0.05) is 27.7 Å². The normalized spacial score (nSPS) is 13.2. The Labute approximate surface area is 108 Å². The number of carboxylic acids is 2. The van der Waals surface area contributed by atoms with E-state index in [2.05, 4.69) is 6.07 Å². The van der Waals surface area contributed by atoms with E-state index >= 15 is 0 Å². The van der Waals surface area contributed by atoms with Crippen LogP contribution in [0.25, 0.3) is 0 Å². The molecule has 2 unspecified atom stereocenters. The number of hydrogen-bond acceptors (Lipinski definition) is 3. The zero-order valence-corrected chi connectivity index (χ0v) is 11.7. The summed E-state index contributed by atoms with van der Waals surface area (Å²) in [7, 11) is 0. The van der Waals surface area contributed by atoms with Gasteiger partial charge in [0.15, 0.2) is 0 Å². The van der Waals surface area contributed by atoms with Gasteiger partial charge >= 0.3 is 11.9 Å². The third kappa shape index (κ3) is 9.64. The van der Waals surface area contributed by atoms with E-state index in [-0.39, 0.29) is 18.3 Å². The van der Waals surface area contributed by atoms with Gasteiger partial charge in [0.2, 0.25) is 0 Å². The minimum absolute atomic E-state index is 0.136. The van der Waals surface area contributed by atoms with Crippen LogP contribution in [0.1, 0.15) is 41.0 Å². The van der Waals surface area contributed by atoms with Gasteiger partial charge in [0.1, 0.15) is 0 Å². The van der Waals surface area contributed by atoms with E-state index in [1.165, 1.54) is 0 Å². The molecule has 0 aliphatic rings. The molecule has 0 aliphatic carbocycles. The third-order valence-corrected chi connectivity index (χ3v) is 2.72. The molecule has 0 heterocycles. The maximum atomic E-state index is 10.4. The molecule has 2 N–H and O–H groups in total. The molecule has 0 radical (unpaired) electrons.